The average molecular weight is 373 g/mol. The van der Waals surface area contributed by atoms with Gasteiger partial charge in [-0.3, -0.25) is 4.79 Å². The molecule has 1 amide bonds. The second-order valence-corrected chi connectivity index (χ2v) is 10.0. The van der Waals surface area contributed by atoms with Gasteiger partial charge in [0, 0.05) is 24.0 Å². The van der Waals surface area contributed by atoms with Crippen LogP contribution in [-0.2, 0) is 9.84 Å². The minimum Gasteiger partial charge on any atom is -0.507 e. The zero-order valence-electron chi connectivity index (χ0n) is 14.6. The molecule has 2 aromatic rings. The maximum absolute atomic E-state index is 13.1. The summed E-state index contributed by atoms with van der Waals surface area (Å²) in [6.45, 7) is 0.484. The standard InChI is InChI=1S/C20H23NO4S/c22-18-13-16(12-15-6-2-3-7-17(15)18)19(23)21-10-11-26(24,25)20(14-21)8-4-1-5-9-20/h2-3,6-7,12-13,22H,1,4-5,8-11,14H2. The van der Waals surface area contributed by atoms with Crippen LogP contribution in [0, 0.1) is 0 Å². The fraction of sp³-hybridized carbons (Fsp3) is 0.450. The highest BCUT2D eigenvalue weighted by atomic mass is 32.2. The number of rotatable bonds is 1. The van der Waals surface area contributed by atoms with Crippen LogP contribution >= 0.6 is 0 Å². The Morgan fingerprint density at radius 3 is 2.58 bits per heavy atom. The molecular formula is C20H23NO4S. The molecule has 138 valence electrons. The number of amides is 1. The third-order valence-corrected chi connectivity index (χ3v) is 8.48. The summed E-state index contributed by atoms with van der Waals surface area (Å²) in [5.74, 6) is -0.104. The Bertz CT molecular complexity index is 961. The SMILES string of the molecule is O=C(c1cc(O)c2ccccc2c1)N1CCS(=O)(=O)C2(CCCCC2)C1. The molecule has 2 aliphatic rings. The van der Waals surface area contributed by atoms with Gasteiger partial charge < -0.3 is 10.0 Å². The van der Waals surface area contributed by atoms with Crippen LogP contribution in [0.25, 0.3) is 10.8 Å². The zero-order valence-corrected chi connectivity index (χ0v) is 15.5. The third kappa shape index (κ3) is 2.76. The predicted molar refractivity (Wildman–Crippen MR) is 101 cm³/mol. The number of carbonyl (C=O) groups is 1. The van der Waals surface area contributed by atoms with Crippen molar-refractivity contribution in [2.24, 2.45) is 0 Å². The van der Waals surface area contributed by atoms with E-state index in [1.165, 1.54) is 6.07 Å². The Kier molecular flexibility index (Phi) is 4.18. The Morgan fingerprint density at radius 1 is 1.08 bits per heavy atom. The Hall–Kier alpha value is -2.08. The van der Waals surface area contributed by atoms with Crippen molar-refractivity contribution in [1.82, 2.24) is 4.90 Å². The summed E-state index contributed by atoms with van der Waals surface area (Å²) in [4.78, 5) is 14.7. The normalized spacial score (nSPS) is 21.8. The highest BCUT2D eigenvalue weighted by Gasteiger charge is 2.49. The molecule has 1 heterocycles. The number of benzene rings is 2. The van der Waals surface area contributed by atoms with Crippen molar-refractivity contribution in [3.05, 3.63) is 42.0 Å². The smallest absolute Gasteiger partial charge is 0.254 e. The van der Waals surface area contributed by atoms with Gasteiger partial charge in [0.2, 0.25) is 0 Å². The molecular weight excluding hydrogens is 350 g/mol. The summed E-state index contributed by atoms with van der Waals surface area (Å²) in [5.41, 5.74) is 0.409. The van der Waals surface area contributed by atoms with Crippen molar-refractivity contribution in [1.29, 1.82) is 0 Å². The monoisotopic (exact) mass is 373 g/mol. The second-order valence-electron chi connectivity index (χ2n) is 7.51. The number of phenolic OH excluding ortho intramolecular Hbond substituents is 1. The number of carbonyl (C=O) groups excluding carboxylic acids is 1. The molecule has 6 heteroatoms. The number of hydrogen-bond donors (Lipinski definition) is 1. The Balaban J connectivity index is 1.66. The average Bonchev–Trinajstić information content (AvgIpc) is 2.64. The van der Waals surface area contributed by atoms with Crippen LogP contribution in [0.1, 0.15) is 42.5 Å². The predicted octanol–water partition coefficient (Wildman–Crippen LogP) is 3.12. The van der Waals surface area contributed by atoms with Crippen LogP contribution in [0.5, 0.6) is 5.75 Å². The number of fused-ring (bicyclic) bond motifs is 1. The minimum atomic E-state index is -3.18. The molecule has 1 saturated carbocycles. The van der Waals surface area contributed by atoms with Crippen molar-refractivity contribution < 1.29 is 18.3 Å². The molecule has 1 spiro atoms. The molecule has 4 rings (SSSR count). The minimum absolute atomic E-state index is 0.0261. The molecule has 1 saturated heterocycles. The summed E-state index contributed by atoms with van der Waals surface area (Å²) in [7, 11) is -3.18. The van der Waals surface area contributed by atoms with Crippen LogP contribution in [0.2, 0.25) is 0 Å². The molecule has 0 radical (unpaired) electrons. The number of hydrogen-bond acceptors (Lipinski definition) is 4. The number of phenols is 1. The molecule has 5 nitrogen and oxygen atoms in total. The van der Waals surface area contributed by atoms with Crippen molar-refractivity contribution in [2.75, 3.05) is 18.8 Å². The van der Waals surface area contributed by atoms with Crippen LogP contribution in [0.4, 0.5) is 0 Å². The van der Waals surface area contributed by atoms with Crippen molar-refractivity contribution in [2.45, 2.75) is 36.9 Å². The number of aromatic hydroxyl groups is 1. The molecule has 0 aromatic heterocycles. The van der Waals surface area contributed by atoms with Crippen molar-refractivity contribution in [3.8, 4) is 5.75 Å². The van der Waals surface area contributed by atoms with E-state index in [1.54, 1.807) is 11.0 Å². The summed E-state index contributed by atoms with van der Waals surface area (Å²) < 4.78 is 24.6. The van der Waals surface area contributed by atoms with E-state index in [-0.39, 0.29) is 30.5 Å². The lowest BCUT2D eigenvalue weighted by Gasteiger charge is -2.44. The molecule has 1 aliphatic heterocycles. The summed E-state index contributed by atoms with van der Waals surface area (Å²) in [6, 6.07) is 10.6. The lowest BCUT2D eigenvalue weighted by molar-refractivity contribution is 0.0723. The summed E-state index contributed by atoms with van der Waals surface area (Å²) in [6.07, 6.45) is 4.14. The van der Waals surface area contributed by atoms with Crippen molar-refractivity contribution >= 4 is 26.5 Å². The maximum atomic E-state index is 13.1. The first kappa shape index (κ1) is 17.3. The van der Waals surface area contributed by atoms with E-state index in [2.05, 4.69) is 0 Å². The van der Waals surface area contributed by atoms with E-state index in [0.29, 0.717) is 23.8 Å². The molecule has 0 atom stereocenters. The third-order valence-electron chi connectivity index (χ3n) is 5.91. The van der Waals surface area contributed by atoms with Crippen LogP contribution < -0.4 is 0 Å². The summed E-state index contributed by atoms with van der Waals surface area (Å²) in [5, 5.41) is 11.8. The topological polar surface area (TPSA) is 74.7 Å². The van der Waals surface area contributed by atoms with Crippen LogP contribution in [-0.4, -0.2) is 47.9 Å². The fourth-order valence-electron chi connectivity index (χ4n) is 4.41. The highest BCUT2D eigenvalue weighted by Crippen LogP contribution is 2.39. The van der Waals surface area contributed by atoms with Gasteiger partial charge in [-0.25, -0.2) is 8.42 Å². The van der Waals surface area contributed by atoms with E-state index >= 15 is 0 Å². The zero-order chi connectivity index (χ0) is 18.4. The van der Waals surface area contributed by atoms with E-state index in [4.69, 9.17) is 0 Å². The lowest BCUT2D eigenvalue weighted by Crippen LogP contribution is -2.58. The van der Waals surface area contributed by atoms with Gasteiger partial charge in [-0.2, -0.15) is 0 Å². The van der Waals surface area contributed by atoms with Gasteiger partial charge >= 0.3 is 0 Å². The van der Waals surface area contributed by atoms with Crippen LogP contribution in [0.3, 0.4) is 0 Å². The van der Waals surface area contributed by atoms with E-state index in [0.717, 1.165) is 24.6 Å². The van der Waals surface area contributed by atoms with E-state index in [1.807, 2.05) is 24.3 Å². The van der Waals surface area contributed by atoms with Gasteiger partial charge in [0.15, 0.2) is 9.84 Å². The van der Waals surface area contributed by atoms with Gasteiger partial charge in [0.05, 0.1) is 10.5 Å². The molecule has 26 heavy (non-hydrogen) atoms. The summed E-state index contributed by atoms with van der Waals surface area (Å²) >= 11 is 0. The van der Waals surface area contributed by atoms with Crippen molar-refractivity contribution in [3.63, 3.8) is 0 Å². The van der Waals surface area contributed by atoms with Gasteiger partial charge in [0.25, 0.3) is 5.91 Å². The Morgan fingerprint density at radius 2 is 1.81 bits per heavy atom. The molecule has 1 aliphatic carbocycles. The van der Waals surface area contributed by atoms with E-state index in [9.17, 15) is 18.3 Å². The molecule has 1 N–H and O–H groups in total. The van der Waals surface area contributed by atoms with E-state index < -0.39 is 14.6 Å². The number of nitrogens with zero attached hydrogens (tertiary/aromatic N) is 1. The molecule has 0 bridgehead atoms. The molecule has 2 aromatic carbocycles. The van der Waals surface area contributed by atoms with Gasteiger partial charge in [-0.1, -0.05) is 43.5 Å². The largest absolute Gasteiger partial charge is 0.507 e. The Labute approximate surface area is 153 Å². The van der Waals surface area contributed by atoms with Gasteiger partial charge in [-0.15, -0.1) is 0 Å². The van der Waals surface area contributed by atoms with Gasteiger partial charge in [0.1, 0.15) is 5.75 Å². The number of sulfone groups is 1. The molecule has 0 unspecified atom stereocenters. The van der Waals surface area contributed by atoms with Gasteiger partial charge in [-0.05, 0) is 30.4 Å². The lowest BCUT2D eigenvalue weighted by atomic mass is 9.87. The molecule has 2 fully saturated rings. The first-order valence-corrected chi connectivity index (χ1v) is 10.8. The maximum Gasteiger partial charge on any atom is 0.254 e. The quantitative estimate of drug-likeness (QED) is 0.833. The highest BCUT2D eigenvalue weighted by molar-refractivity contribution is 7.92. The first-order valence-electron chi connectivity index (χ1n) is 9.15. The fourth-order valence-corrected chi connectivity index (χ4v) is 6.56. The van der Waals surface area contributed by atoms with Crippen LogP contribution in [0.15, 0.2) is 36.4 Å². The first-order chi connectivity index (χ1) is 12.4. The second kappa shape index (κ2) is 6.27.